The van der Waals surface area contributed by atoms with E-state index in [4.69, 9.17) is 10.5 Å². The summed E-state index contributed by atoms with van der Waals surface area (Å²) >= 11 is 0. The molecule has 3 N–H and O–H groups in total. The Hall–Kier alpha value is -2.71. The summed E-state index contributed by atoms with van der Waals surface area (Å²) in [7, 11) is 2.73. The van der Waals surface area contributed by atoms with Crippen molar-refractivity contribution in [2.24, 2.45) is 23.0 Å². The van der Waals surface area contributed by atoms with Gasteiger partial charge in [0.1, 0.15) is 0 Å². The van der Waals surface area contributed by atoms with E-state index in [9.17, 15) is 14.4 Å². The molecule has 0 aliphatic heterocycles. The molecule has 0 saturated heterocycles. The second kappa shape index (κ2) is 7.34. The molecule has 9 heteroatoms. The molecule has 0 unspecified atom stereocenters. The number of urea groups is 1. The lowest BCUT2D eigenvalue weighted by molar-refractivity contribution is -0.133. The summed E-state index contributed by atoms with van der Waals surface area (Å²) in [6, 6.07) is -1.00. The number of carbonyl (C=O) groups excluding carboxylic acids is 2. The van der Waals surface area contributed by atoms with Crippen molar-refractivity contribution in [1.29, 1.82) is 0 Å². The number of primary amides is 1. The van der Waals surface area contributed by atoms with Gasteiger partial charge in [-0.05, 0) is 13.3 Å². The van der Waals surface area contributed by atoms with Gasteiger partial charge in [0.2, 0.25) is 0 Å². The molecular formula is C13H19N5O4. The normalized spacial score (nSPS) is 12.4. The fourth-order valence-electron chi connectivity index (χ4n) is 2.00. The average Bonchev–Trinajstić information content (AvgIpc) is 2.73. The number of hydrogen-bond donors (Lipinski definition) is 2. The first-order valence-electron chi connectivity index (χ1n) is 6.62. The summed E-state index contributed by atoms with van der Waals surface area (Å²) in [4.78, 5) is 35.0. The highest BCUT2D eigenvalue weighted by Gasteiger charge is 2.25. The number of aryl methyl sites for hydroxylation is 2. The number of ether oxygens (including phenoxy) is 1. The number of nitrogens with two attached hydrogens (primary N) is 1. The first-order valence-corrected chi connectivity index (χ1v) is 6.62. The lowest BCUT2D eigenvalue weighted by atomic mass is 10.0. The molecule has 0 aliphatic rings. The van der Waals surface area contributed by atoms with E-state index < -0.39 is 17.6 Å². The van der Waals surface area contributed by atoms with Crippen molar-refractivity contribution in [2.45, 2.75) is 26.7 Å². The number of esters is 1. The van der Waals surface area contributed by atoms with Crippen LogP contribution in [0.3, 0.4) is 0 Å². The van der Waals surface area contributed by atoms with Crippen LogP contribution >= 0.6 is 0 Å². The van der Waals surface area contributed by atoms with Gasteiger partial charge in [0.25, 0.3) is 5.56 Å². The Bertz CT molecular complexity index is 696. The fraction of sp³-hybridized carbons (Fsp3) is 0.462. The molecule has 1 rings (SSSR count). The molecule has 1 heterocycles. The number of aromatic amines is 1. The second-order valence-electron chi connectivity index (χ2n) is 4.57. The first-order chi connectivity index (χ1) is 10.3. The van der Waals surface area contributed by atoms with Crippen LogP contribution in [0.25, 0.3) is 5.57 Å². The molecule has 1 aromatic rings. The van der Waals surface area contributed by atoms with Gasteiger partial charge in [0, 0.05) is 12.7 Å². The molecule has 0 fully saturated rings. The lowest BCUT2D eigenvalue weighted by Gasteiger charge is -2.06. The van der Waals surface area contributed by atoms with Crippen molar-refractivity contribution in [1.82, 2.24) is 9.78 Å². The first kappa shape index (κ1) is 17.3. The number of azo groups is 1. The SMILES string of the molecule is CCCc1[nH]n(C)c(=O)c1/C(C(=O)OC)=C(\C)N=NC(N)=O. The highest BCUT2D eigenvalue weighted by Crippen LogP contribution is 2.22. The maximum Gasteiger partial charge on any atom is 0.356 e. The van der Waals surface area contributed by atoms with Crippen LogP contribution in [0.2, 0.25) is 0 Å². The van der Waals surface area contributed by atoms with Crippen molar-refractivity contribution in [3.05, 3.63) is 27.3 Å². The zero-order valence-electron chi connectivity index (χ0n) is 13.0. The van der Waals surface area contributed by atoms with Gasteiger partial charge < -0.3 is 10.5 Å². The number of carbonyl (C=O) groups is 2. The van der Waals surface area contributed by atoms with Gasteiger partial charge in [-0.15, -0.1) is 5.11 Å². The summed E-state index contributed by atoms with van der Waals surface area (Å²) in [6.45, 7) is 3.39. The Morgan fingerprint density at radius 1 is 1.36 bits per heavy atom. The smallest absolute Gasteiger partial charge is 0.356 e. The number of allylic oxidation sites excluding steroid dienone is 1. The molecule has 0 atom stereocenters. The molecule has 2 amide bonds. The number of nitrogens with zero attached hydrogens (tertiary/aromatic N) is 3. The van der Waals surface area contributed by atoms with E-state index in [0.29, 0.717) is 12.1 Å². The lowest BCUT2D eigenvalue weighted by Crippen LogP contribution is -2.19. The van der Waals surface area contributed by atoms with E-state index in [0.717, 1.165) is 6.42 Å². The second-order valence-corrected chi connectivity index (χ2v) is 4.57. The van der Waals surface area contributed by atoms with Gasteiger partial charge in [-0.1, -0.05) is 18.5 Å². The molecule has 0 saturated carbocycles. The summed E-state index contributed by atoms with van der Waals surface area (Å²) < 4.78 is 5.98. The monoisotopic (exact) mass is 309 g/mol. The van der Waals surface area contributed by atoms with Gasteiger partial charge in [-0.3, -0.25) is 14.6 Å². The predicted molar refractivity (Wildman–Crippen MR) is 79.1 cm³/mol. The third kappa shape index (κ3) is 3.68. The number of amides is 2. The highest BCUT2D eigenvalue weighted by molar-refractivity contribution is 6.17. The average molecular weight is 309 g/mol. The quantitative estimate of drug-likeness (QED) is 0.478. The van der Waals surface area contributed by atoms with Crippen LogP contribution < -0.4 is 11.3 Å². The Morgan fingerprint density at radius 3 is 2.50 bits per heavy atom. The number of H-pyrrole nitrogens is 1. The van der Waals surface area contributed by atoms with Crippen LogP contribution in [-0.2, 0) is 23.0 Å². The van der Waals surface area contributed by atoms with Gasteiger partial charge >= 0.3 is 12.0 Å². The number of rotatable bonds is 5. The Labute approximate surface area is 126 Å². The predicted octanol–water partition coefficient (Wildman–Crippen LogP) is 1.10. The van der Waals surface area contributed by atoms with E-state index in [-0.39, 0.29) is 16.8 Å². The maximum absolute atomic E-state index is 12.3. The van der Waals surface area contributed by atoms with Crippen molar-refractivity contribution in [3.63, 3.8) is 0 Å². The van der Waals surface area contributed by atoms with Crippen LogP contribution in [0, 0.1) is 0 Å². The van der Waals surface area contributed by atoms with Crippen molar-refractivity contribution in [2.75, 3.05) is 7.11 Å². The summed E-state index contributed by atoms with van der Waals surface area (Å²) in [5, 5.41) is 9.66. The van der Waals surface area contributed by atoms with Gasteiger partial charge in [0.05, 0.1) is 23.9 Å². The number of aromatic nitrogens is 2. The summed E-state index contributed by atoms with van der Waals surface area (Å²) in [6.07, 6.45) is 1.33. The van der Waals surface area contributed by atoms with E-state index in [2.05, 4.69) is 15.3 Å². The summed E-state index contributed by atoms with van der Waals surface area (Å²) in [5.74, 6) is -0.741. The maximum atomic E-state index is 12.3. The minimum Gasteiger partial charge on any atom is -0.465 e. The molecule has 0 bridgehead atoms. The molecule has 1 aromatic heterocycles. The molecule has 0 aromatic carbocycles. The molecule has 120 valence electrons. The molecule has 22 heavy (non-hydrogen) atoms. The van der Waals surface area contributed by atoms with Crippen molar-refractivity contribution in [3.8, 4) is 0 Å². The van der Waals surface area contributed by atoms with Crippen LogP contribution in [0.5, 0.6) is 0 Å². The van der Waals surface area contributed by atoms with Gasteiger partial charge in [-0.2, -0.15) is 0 Å². The Morgan fingerprint density at radius 2 is 2.00 bits per heavy atom. The Balaban J connectivity index is 3.61. The molecule has 0 aliphatic carbocycles. The topological polar surface area (TPSA) is 132 Å². The number of methoxy groups -OCH3 is 1. The standard InChI is InChI=1S/C13H19N5O4/c1-5-6-8-10(11(19)18(3)17-8)9(12(20)22-4)7(2)15-16-13(14)21/h17H,5-6H2,1-4H3,(H2,14,21)/b9-7-,16-15?. The number of hydrogen-bond acceptors (Lipinski definition) is 5. The van der Waals surface area contributed by atoms with E-state index in [1.807, 2.05) is 6.92 Å². The van der Waals surface area contributed by atoms with Gasteiger partial charge in [0.15, 0.2) is 0 Å². The van der Waals surface area contributed by atoms with E-state index in [1.54, 1.807) is 7.05 Å². The third-order valence-corrected chi connectivity index (χ3v) is 2.92. The molecule has 9 nitrogen and oxygen atoms in total. The van der Waals surface area contributed by atoms with E-state index in [1.165, 1.54) is 18.7 Å². The largest absolute Gasteiger partial charge is 0.465 e. The summed E-state index contributed by atoms with van der Waals surface area (Å²) in [5.41, 5.74) is 5.27. The molecule has 0 radical (unpaired) electrons. The number of nitrogens with one attached hydrogen (secondary N) is 1. The van der Waals surface area contributed by atoms with Crippen molar-refractivity contribution < 1.29 is 14.3 Å². The van der Waals surface area contributed by atoms with Gasteiger partial charge in [-0.25, -0.2) is 9.59 Å². The molecular weight excluding hydrogens is 290 g/mol. The van der Waals surface area contributed by atoms with Crippen LogP contribution in [0.1, 0.15) is 31.5 Å². The third-order valence-electron chi connectivity index (χ3n) is 2.92. The van der Waals surface area contributed by atoms with Crippen LogP contribution in [-0.4, -0.2) is 28.9 Å². The minimum atomic E-state index is -1.00. The fourth-order valence-corrected chi connectivity index (χ4v) is 2.00. The van der Waals surface area contributed by atoms with Crippen LogP contribution in [0.4, 0.5) is 4.79 Å². The minimum absolute atomic E-state index is 0.0437. The zero-order valence-corrected chi connectivity index (χ0v) is 13.0. The van der Waals surface area contributed by atoms with E-state index >= 15 is 0 Å². The Kier molecular flexibility index (Phi) is 5.79. The zero-order chi connectivity index (χ0) is 16.9. The van der Waals surface area contributed by atoms with Crippen molar-refractivity contribution >= 4 is 17.6 Å². The molecule has 0 spiro atoms. The highest BCUT2D eigenvalue weighted by atomic mass is 16.5. The van der Waals surface area contributed by atoms with Crippen LogP contribution in [0.15, 0.2) is 20.7 Å².